The number of aromatic nitrogens is 1. The van der Waals surface area contributed by atoms with Crippen LogP contribution in [0.15, 0.2) is 30.5 Å². The summed E-state index contributed by atoms with van der Waals surface area (Å²) in [6.07, 6.45) is 1.70. The zero-order chi connectivity index (χ0) is 11.1. The molecule has 2 aromatic rings. The highest BCUT2D eigenvalue weighted by Gasteiger charge is 2.17. The Morgan fingerprint density at radius 1 is 1.13 bits per heavy atom. The first kappa shape index (κ1) is 9.97. The van der Waals surface area contributed by atoms with Crippen molar-refractivity contribution in [2.75, 3.05) is 0 Å². The maximum absolute atomic E-state index is 9.70. The number of nitrogens with zero attached hydrogens (tertiary/aromatic N) is 1. The predicted octanol–water partition coefficient (Wildman–Crippen LogP) is 3.24. The molecule has 0 bridgehead atoms. The van der Waals surface area contributed by atoms with Crippen LogP contribution in [-0.2, 0) is 5.41 Å². The summed E-state index contributed by atoms with van der Waals surface area (Å²) in [6.45, 7) is 6.48. The van der Waals surface area contributed by atoms with Gasteiger partial charge in [-0.3, -0.25) is 4.98 Å². The van der Waals surface area contributed by atoms with Crippen LogP contribution >= 0.6 is 0 Å². The minimum atomic E-state index is 0.0645. The molecule has 2 nitrogen and oxygen atoms in total. The molecular formula is C13H15NO. The molecule has 0 atom stereocenters. The number of pyridine rings is 1. The van der Waals surface area contributed by atoms with Crippen molar-refractivity contribution in [2.24, 2.45) is 0 Å². The van der Waals surface area contributed by atoms with Gasteiger partial charge in [0, 0.05) is 11.6 Å². The van der Waals surface area contributed by atoms with Crippen LogP contribution in [0.3, 0.4) is 0 Å². The van der Waals surface area contributed by atoms with Crippen molar-refractivity contribution in [1.29, 1.82) is 0 Å². The highest BCUT2D eigenvalue weighted by molar-refractivity contribution is 5.87. The van der Waals surface area contributed by atoms with Crippen molar-refractivity contribution >= 4 is 10.9 Å². The molecule has 2 heteroatoms. The number of benzene rings is 1. The van der Waals surface area contributed by atoms with Crippen molar-refractivity contribution in [1.82, 2.24) is 4.98 Å². The first-order chi connectivity index (χ1) is 7.00. The molecule has 0 radical (unpaired) electrons. The van der Waals surface area contributed by atoms with Crippen molar-refractivity contribution < 1.29 is 5.11 Å². The molecule has 0 saturated heterocycles. The topological polar surface area (TPSA) is 33.1 Å². The molecule has 1 N–H and O–H groups in total. The molecule has 0 aliphatic carbocycles. The Labute approximate surface area is 89.6 Å². The summed E-state index contributed by atoms with van der Waals surface area (Å²) in [4.78, 5) is 4.20. The number of hydrogen-bond donors (Lipinski definition) is 1. The first-order valence-corrected chi connectivity index (χ1v) is 5.07. The number of phenolic OH excluding ortho intramolecular Hbond substituents is 1. The minimum Gasteiger partial charge on any atom is -0.506 e. The number of phenols is 1. The molecule has 2 rings (SSSR count). The van der Waals surface area contributed by atoms with Crippen LogP contribution in [-0.4, -0.2) is 10.1 Å². The van der Waals surface area contributed by atoms with Crippen LogP contribution in [0.4, 0.5) is 0 Å². The Balaban J connectivity index is 2.84. The lowest BCUT2D eigenvalue weighted by Gasteiger charge is -2.21. The van der Waals surface area contributed by atoms with E-state index in [1.165, 1.54) is 5.56 Å². The van der Waals surface area contributed by atoms with Crippen LogP contribution in [0.5, 0.6) is 5.75 Å². The second kappa shape index (κ2) is 3.23. The fraction of sp³-hybridized carbons (Fsp3) is 0.308. The lowest BCUT2D eigenvalue weighted by Crippen LogP contribution is -2.11. The molecular weight excluding hydrogens is 186 g/mol. The molecule has 0 aliphatic heterocycles. The molecule has 78 valence electrons. The minimum absolute atomic E-state index is 0.0645. The van der Waals surface area contributed by atoms with Crippen molar-refractivity contribution in [3.63, 3.8) is 0 Å². The van der Waals surface area contributed by atoms with E-state index in [0.29, 0.717) is 5.52 Å². The van der Waals surface area contributed by atoms with Gasteiger partial charge in [0.15, 0.2) is 0 Å². The van der Waals surface area contributed by atoms with Gasteiger partial charge in [-0.1, -0.05) is 32.9 Å². The lowest BCUT2D eigenvalue weighted by molar-refractivity contribution is 0.479. The molecule has 0 fully saturated rings. The third-order valence-corrected chi connectivity index (χ3v) is 2.56. The van der Waals surface area contributed by atoms with Gasteiger partial charge < -0.3 is 5.11 Å². The first-order valence-electron chi connectivity index (χ1n) is 5.07. The van der Waals surface area contributed by atoms with Gasteiger partial charge >= 0.3 is 0 Å². The van der Waals surface area contributed by atoms with E-state index < -0.39 is 0 Å². The number of fused-ring (bicyclic) bond motifs is 1. The molecule has 0 aliphatic rings. The van der Waals surface area contributed by atoms with E-state index in [-0.39, 0.29) is 11.2 Å². The quantitative estimate of drug-likeness (QED) is 0.709. The Bertz CT molecular complexity index is 497. The van der Waals surface area contributed by atoms with Gasteiger partial charge in [0.1, 0.15) is 11.3 Å². The van der Waals surface area contributed by atoms with E-state index >= 15 is 0 Å². The summed E-state index contributed by atoms with van der Waals surface area (Å²) in [5, 5.41) is 10.7. The van der Waals surface area contributed by atoms with Crippen LogP contribution < -0.4 is 0 Å². The summed E-state index contributed by atoms with van der Waals surface area (Å²) in [7, 11) is 0. The number of rotatable bonds is 0. The Morgan fingerprint density at radius 2 is 1.87 bits per heavy atom. The smallest absolute Gasteiger partial charge is 0.141 e. The third kappa shape index (κ3) is 1.67. The van der Waals surface area contributed by atoms with Gasteiger partial charge in [-0.25, -0.2) is 0 Å². The molecule has 1 heterocycles. The standard InChI is InChI=1S/C13H15NO/c1-13(2,3)10-6-7-11(15)12-9(10)5-4-8-14-12/h4-8,15H,1-3H3. The Hall–Kier alpha value is -1.57. The normalized spacial score (nSPS) is 11.9. The number of hydrogen-bond acceptors (Lipinski definition) is 2. The second-order valence-electron chi connectivity index (χ2n) is 4.78. The van der Waals surface area contributed by atoms with Gasteiger partial charge in [0.05, 0.1) is 0 Å². The van der Waals surface area contributed by atoms with E-state index in [9.17, 15) is 5.11 Å². The van der Waals surface area contributed by atoms with Crippen LogP contribution in [0.25, 0.3) is 10.9 Å². The largest absolute Gasteiger partial charge is 0.506 e. The van der Waals surface area contributed by atoms with Crippen LogP contribution in [0.2, 0.25) is 0 Å². The zero-order valence-electron chi connectivity index (χ0n) is 9.28. The molecule has 15 heavy (non-hydrogen) atoms. The molecule has 0 amide bonds. The lowest BCUT2D eigenvalue weighted by atomic mass is 9.84. The maximum Gasteiger partial charge on any atom is 0.141 e. The molecule has 0 unspecified atom stereocenters. The third-order valence-electron chi connectivity index (χ3n) is 2.56. The van der Waals surface area contributed by atoms with Gasteiger partial charge in [-0.15, -0.1) is 0 Å². The maximum atomic E-state index is 9.70. The summed E-state index contributed by atoms with van der Waals surface area (Å²) in [5.74, 6) is 0.249. The van der Waals surface area contributed by atoms with E-state index in [4.69, 9.17) is 0 Å². The summed E-state index contributed by atoms with van der Waals surface area (Å²) < 4.78 is 0. The SMILES string of the molecule is CC(C)(C)c1ccc(O)c2ncccc12. The fourth-order valence-corrected chi connectivity index (χ4v) is 1.81. The molecule has 1 aromatic carbocycles. The zero-order valence-corrected chi connectivity index (χ0v) is 9.28. The van der Waals surface area contributed by atoms with Crippen molar-refractivity contribution in [3.05, 3.63) is 36.0 Å². The van der Waals surface area contributed by atoms with Crippen LogP contribution in [0, 0.1) is 0 Å². The van der Waals surface area contributed by atoms with Gasteiger partial charge in [0.2, 0.25) is 0 Å². The highest BCUT2D eigenvalue weighted by atomic mass is 16.3. The Morgan fingerprint density at radius 3 is 2.53 bits per heavy atom. The van der Waals surface area contributed by atoms with E-state index in [1.807, 2.05) is 18.2 Å². The summed E-state index contributed by atoms with van der Waals surface area (Å²) >= 11 is 0. The van der Waals surface area contributed by atoms with E-state index in [2.05, 4.69) is 25.8 Å². The second-order valence-corrected chi connectivity index (χ2v) is 4.78. The molecule has 0 spiro atoms. The van der Waals surface area contributed by atoms with Gasteiger partial charge in [-0.2, -0.15) is 0 Å². The fourth-order valence-electron chi connectivity index (χ4n) is 1.81. The molecule has 0 saturated carbocycles. The average Bonchev–Trinajstić information content (AvgIpc) is 2.17. The highest BCUT2D eigenvalue weighted by Crippen LogP contribution is 2.32. The predicted molar refractivity (Wildman–Crippen MR) is 62.1 cm³/mol. The average molecular weight is 201 g/mol. The van der Waals surface area contributed by atoms with E-state index in [1.54, 1.807) is 12.3 Å². The monoisotopic (exact) mass is 201 g/mol. The van der Waals surface area contributed by atoms with E-state index in [0.717, 1.165) is 5.39 Å². The van der Waals surface area contributed by atoms with Gasteiger partial charge in [-0.05, 0) is 23.1 Å². The Kier molecular flexibility index (Phi) is 2.14. The van der Waals surface area contributed by atoms with Crippen LogP contribution in [0.1, 0.15) is 26.3 Å². The van der Waals surface area contributed by atoms with Gasteiger partial charge in [0.25, 0.3) is 0 Å². The summed E-state index contributed by atoms with van der Waals surface area (Å²) in [5.41, 5.74) is 1.96. The summed E-state index contributed by atoms with van der Waals surface area (Å²) in [6, 6.07) is 7.59. The molecule has 1 aromatic heterocycles. The van der Waals surface area contributed by atoms with Crippen molar-refractivity contribution in [3.8, 4) is 5.75 Å². The van der Waals surface area contributed by atoms with Crippen molar-refractivity contribution in [2.45, 2.75) is 26.2 Å². The number of aromatic hydroxyl groups is 1.